The zero-order chi connectivity index (χ0) is 19.1. The first-order valence-corrected chi connectivity index (χ1v) is 8.68. The van der Waals surface area contributed by atoms with E-state index in [1.165, 1.54) is 0 Å². The molecule has 0 aliphatic carbocycles. The number of halogens is 1. The molecule has 4 N–H and O–H groups in total. The summed E-state index contributed by atoms with van der Waals surface area (Å²) >= 11 is 0. The molecule has 0 saturated carbocycles. The minimum Gasteiger partial charge on any atom is -0.464 e. The molecular weight excluding hydrogens is 374 g/mol. The number of hydrogen-bond acceptors (Lipinski definition) is 6. The first-order chi connectivity index (χ1) is 12.4. The number of amides is 2. The maximum Gasteiger partial charge on any atom is 0.328 e. The number of esters is 1. The summed E-state index contributed by atoms with van der Waals surface area (Å²) in [5.74, 6) is -1.11. The van der Waals surface area contributed by atoms with Gasteiger partial charge in [0, 0.05) is 17.8 Å². The first kappa shape index (κ1) is 22.9. The molecule has 0 radical (unpaired) electrons. The Bertz CT molecular complexity index is 653. The topological polar surface area (TPSA) is 120 Å². The van der Waals surface area contributed by atoms with Gasteiger partial charge in [-0.05, 0) is 51.0 Å². The van der Waals surface area contributed by atoms with Crippen molar-refractivity contribution in [2.45, 2.75) is 44.9 Å². The molecule has 150 valence electrons. The van der Waals surface area contributed by atoms with Crippen molar-refractivity contribution >= 4 is 35.9 Å². The van der Waals surface area contributed by atoms with Crippen LogP contribution in [0.1, 0.15) is 37.0 Å². The zero-order valence-corrected chi connectivity index (χ0v) is 16.2. The van der Waals surface area contributed by atoms with Crippen molar-refractivity contribution in [3.8, 4) is 0 Å². The third-order valence-corrected chi connectivity index (χ3v) is 4.07. The van der Waals surface area contributed by atoms with Gasteiger partial charge in [-0.25, -0.2) is 4.79 Å². The first-order valence-electron chi connectivity index (χ1n) is 8.68. The van der Waals surface area contributed by atoms with Gasteiger partial charge in [0.2, 0.25) is 0 Å². The number of anilines is 1. The van der Waals surface area contributed by atoms with Gasteiger partial charge in [0.1, 0.15) is 12.1 Å². The largest absolute Gasteiger partial charge is 0.464 e. The second kappa shape index (κ2) is 10.9. The molecule has 1 aromatic rings. The molecule has 1 aliphatic heterocycles. The van der Waals surface area contributed by atoms with E-state index in [1.54, 1.807) is 38.1 Å². The predicted octanol–water partition coefficient (Wildman–Crippen LogP) is 1.23. The summed E-state index contributed by atoms with van der Waals surface area (Å²) in [7, 11) is 0. The van der Waals surface area contributed by atoms with Crippen LogP contribution >= 0.6 is 12.4 Å². The lowest BCUT2D eigenvalue weighted by Crippen LogP contribution is -2.39. The minimum absolute atomic E-state index is 0. The van der Waals surface area contributed by atoms with Gasteiger partial charge in [-0.1, -0.05) is 0 Å². The standard InChI is InChI=1S/C18H25N3O5.ClH/c1-3-25-18(24)11(2)20-16(22)12-4-6-13(7-5-12)21-17(23)15-9-8-14(10-19)26-15;/h4-7,11,14-15H,3,8-10,19H2,1-2H3,(H,20,22)(H,21,23);1H/t11?,14-,15+;/m1./s1. The monoisotopic (exact) mass is 399 g/mol. The Morgan fingerprint density at radius 2 is 1.93 bits per heavy atom. The van der Waals surface area contributed by atoms with E-state index in [2.05, 4.69) is 10.6 Å². The van der Waals surface area contributed by atoms with Crippen LogP contribution in [0.15, 0.2) is 24.3 Å². The average Bonchev–Trinajstić information content (AvgIpc) is 3.11. The Kier molecular flexibility index (Phi) is 9.20. The number of hydrogen-bond donors (Lipinski definition) is 3. The lowest BCUT2D eigenvalue weighted by atomic mass is 10.1. The van der Waals surface area contributed by atoms with E-state index in [1.807, 2.05) is 0 Å². The molecule has 3 atom stereocenters. The molecular formula is C18H26ClN3O5. The molecule has 0 aromatic heterocycles. The summed E-state index contributed by atoms with van der Waals surface area (Å²) < 4.78 is 10.4. The molecule has 1 aliphatic rings. The van der Waals surface area contributed by atoms with Gasteiger partial charge in [-0.15, -0.1) is 12.4 Å². The molecule has 0 bridgehead atoms. The molecule has 2 amide bonds. The van der Waals surface area contributed by atoms with Gasteiger partial charge < -0.3 is 25.8 Å². The van der Waals surface area contributed by atoms with E-state index in [-0.39, 0.29) is 31.0 Å². The van der Waals surface area contributed by atoms with Gasteiger partial charge in [-0.2, -0.15) is 0 Å². The van der Waals surface area contributed by atoms with Crippen molar-refractivity contribution in [1.82, 2.24) is 5.32 Å². The predicted molar refractivity (Wildman–Crippen MR) is 103 cm³/mol. The van der Waals surface area contributed by atoms with E-state index >= 15 is 0 Å². The Morgan fingerprint density at radius 3 is 2.48 bits per heavy atom. The summed E-state index contributed by atoms with van der Waals surface area (Å²) in [4.78, 5) is 35.9. The molecule has 1 saturated heterocycles. The summed E-state index contributed by atoms with van der Waals surface area (Å²) in [6.07, 6.45) is 0.835. The quantitative estimate of drug-likeness (QED) is 0.593. The smallest absolute Gasteiger partial charge is 0.328 e. The molecule has 27 heavy (non-hydrogen) atoms. The highest BCUT2D eigenvalue weighted by atomic mass is 35.5. The van der Waals surface area contributed by atoms with Crippen molar-refractivity contribution in [2.24, 2.45) is 5.73 Å². The van der Waals surface area contributed by atoms with Crippen molar-refractivity contribution in [2.75, 3.05) is 18.5 Å². The van der Waals surface area contributed by atoms with Crippen molar-refractivity contribution in [3.05, 3.63) is 29.8 Å². The highest BCUT2D eigenvalue weighted by Crippen LogP contribution is 2.20. The molecule has 1 fully saturated rings. The lowest BCUT2D eigenvalue weighted by molar-refractivity contribution is -0.144. The normalized spacial score (nSPS) is 19.5. The Labute approximate surface area is 164 Å². The van der Waals surface area contributed by atoms with Gasteiger partial charge in [0.05, 0.1) is 12.7 Å². The van der Waals surface area contributed by atoms with Gasteiger partial charge >= 0.3 is 5.97 Å². The van der Waals surface area contributed by atoms with Crippen molar-refractivity contribution < 1.29 is 23.9 Å². The van der Waals surface area contributed by atoms with Gasteiger partial charge in [0.15, 0.2) is 0 Å². The van der Waals surface area contributed by atoms with E-state index < -0.39 is 24.0 Å². The maximum absolute atomic E-state index is 12.2. The van der Waals surface area contributed by atoms with E-state index in [0.29, 0.717) is 24.2 Å². The highest BCUT2D eigenvalue weighted by Gasteiger charge is 2.29. The summed E-state index contributed by atoms with van der Waals surface area (Å²) in [6, 6.07) is 5.65. The number of ether oxygens (including phenoxy) is 2. The second-order valence-electron chi connectivity index (χ2n) is 6.07. The van der Waals surface area contributed by atoms with E-state index in [4.69, 9.17) is 15.2 Å². The van der Waals surface area contributed by atoms with Crippen LogP contribution in [0, 0.1) is 0 Å². The minimum atomic E-state index is -0.739. The molecule has 1 aromatic carbocycles. The molecule has 8 nitrogen and oxygen atoms in total. The van der Waals surface area contributed by atoms with Gasteiger partial charge in [0.25, 0.3) is 11.8 Å². The van der Waals surface area contributed by atoms with Crippen LogP contribution in [0.2, 0.25) is 0 Å². The molecule has 1 unspecified atom stereocenters. The fourth-order valence-corrected chi connectivity index (χ4v) is 2.61. The number of rotatable bonds is 7. The SMILES string of the molecule is CCOC(=O)C(C)NC(=O)c1ccc(NC(=O)[C@@H]2CC[C@H](CN)O2)cc1.Cl. The van der Waals surface area contributed by atoms with Crippen LogP contribution in [-0.2, 0) is 19.1 Å². The third-order valence-electron chi connectivity index (χ3n) is 4.07. The maximum atomic E-state index is 12.2. The van der Waals surface area contributed by atoms with Crippen LogP contribution < -0.4 is 16.4 Å². The highest BCUT2D eigenvalue weighted by molar-refractivity contribution is 5.98. The summed E-state index contributed by atoms with van der Waals surface area (Å²) in [5.41, 5.74) is 6.47. The Hall–Kier alpha value is -2.16. The van der Waals surface area contributed by atoms with Crippen LogP contribution in [0.25, 0.3) is 0 Å². The van der Waals surface area contributed by atoms with Crippen LogP contribution in [0.5, 0.6) is 0 Å². The number of nitrogens with one attached hydrogen (secondary N) is 2. The molecule has 1 heterocycles. The van der Waals surface area contributed by atoms with Crippen molar-refractivity contribution in [1.29, 1.82) is 0 Å². The summed E-state index contributed by atoms with van der Waals surface area (Å²) in [5, 5.41) is 5.32. The molecule has 9 heteroatoms. The fourth-order valence-electron chi connectivity index (χ4n) is 2.61. The zero-order valence-electron chi connectivity index (χ0n) is 15.4. The number of benzene rings is 1. The number of carbonyl (C=O) groups excluding carboxylic acids is 3. The van der Waals surface area contributed by atoms with E-state index in [9.17, 15) is 14.4 Å². The lowest BCUT2D eigenvalue weighted by Gasteiger charge is -2.14. The van der Waals surface area contributed by atoms with Gasteiger partial charge in [-0.3, -0.25) is 9.59 Å². The van der Waals surface area contributed by atoms with Crippen molar-refractivity contribution in [3.63, 3.8) is 0 Å². The number of nitrogens with two attached hydrogens (primary N) is 1. The second-order valence-corrected chi connectivity index (χ2v) is 6.07. The van der Waals surface area contributed by atoms with Crippen LogP contribution in [-0.4, -0.2) is 49.2 Å². The van der Waals surface area contributed by atoms with Crippen LogP contribution in [0.4, 0.5) is 5.69 Å². The molecule has 0 spiro atoms. The van der Waals surface area contributed by atoms with Crippen LogP contribution in [0.3, 0.4) is 0 Å². The Morgan fingerprint density at radius 1 is 1.26 bits per heavy atom. The molecule has 2 rings (SSSR count). The third kappa shape index (κ3) is 6.50. The average molecular weight is 400 g/mol. The fraction of sp³-hybridized carbons (Fsp3) is 0.500. The Balaban J connectivity index is 0.00000364. The summed E-state index contributed by atoms with van der Waals surface area (Å²) in [6.45, 7) is 3.91. The van der Waals surface area contributed by atoms with E-state index in [0.717, 1.165) is 6.42 Å². The number of carbonyl (C=O) groups is 3.